The van der Waals surface area contributed by atoms with Gasteiger partial charge in [0.25, 0.3) is 0 Å². The van der Waals surface area contributed by atoms with Crippen LogP contribution < -0.4 is 0 Å². The monoisotopic (exact) mass is 378 g/mol. The summed E-state index contributed by atoms with van der Waals surface area (Å²) in [7, 11) is 0. The van der Waals surface area contributed by atoms with Crippen LogP contribution in [0.5, 0.6) is 0 Å². The number of rotatable bonds is 2. The summed E-state index contributed by atoms with van der Waals surface area (Å²) in [6.07, 6.45) is -1.13. The van der Waals surface area contributed by atoms with Gasteiger partial charge in [-0.25, -0.2) is 4.39 Å². The van der Waals surface area contributed by atoms with Gasteiger partial charge in [0.2, 0.25) is 0 Å². The highest BCUT2D eigenvalue weighted by molar-refractivity contribution is 9.10. The Kier molecular flexibility index (Phi) is 4.49. The first-order valence-electron chi connectivity index (χ1n) is 5.87. The van der Waals surface area contributed by atoms with Gasteiger partial charge in [-0.1, -0.05) is 42.9 Å². The summed E-state index contributed by atoms with van der Waals surface area (Å²) in [6.45, 7) is 5.89. The van der Waals surface area contributed by atoms with Crippen LogP contribution in [0.2, 0.25) is 5.02 Å². The second kappa shape index (κ2) is 5.67. The number of nitrogens with zero attached hydrogens (tertiary/aromatic N) is 2. The van der Waals surface area contributed by atoms with Crippen LogP contribution in [0.15, 0.2) is 16.6 Å². The highest BCUT2D eigenvalue weighted by Gasteiger charge is 2.29. The minimum absolute atomic E-state index is 0.0451. The predicted molar refractivity (Wildman–Crippen MR) is 81.8 cm³/mol. The first-order valence-corrected chi connectivity index (χ1v) is 7.82. The van der Waals surface area contributed by atoms with Crippen molar-refractivity contribution in [3.05, 3.63) is 43.6 Å². The van der Waals surface area contributed by atoms with E-state index in [1.54, 1.807) is 6.07 Å². The minimum Gasteiger partial charge on any atom is -0.383 e. The average Bonchev–Trinajstić information content (AvgIpc) is 2.84. The number of benzene rings is 1. The molecule has 1 aromatic carbocycles. The minimum atomic E-state index is -1.13. The first kappa shape index (κ1) is 15.8. The molecular formula is C13H13BrClFN2OS. The van der Waals surface area contributed by atoms with Gasteiger partial charge in [0.15, 0.2) is 0 Å². The molecule has 1 unspecified atom stereocenters. The normalized spacial score (nSPS) is 13.6. The van der Waals surface area contributed by atoms with Crippen molar-refractivity contribution in [2.24, 2.45) is 0 Å². The summed E-state index contributed by atoms with van der Waals surface area (Å²) in [5.74, 6) is -0.637. The molecule has 0 amide bonds. The van der Waals surface area contributed by atoms with Gasteiger partial charge in [-0.2, -0.15) is 0 Å². The molecule has 0 bridgehead atoms. The third-order valence-corrected chi connectivity index (χ3v) is 4.87. The molecule has 1 heterocycles. The Morgan fingerprint density at radius 2 is 2.05 bits per heavy atom. The summed E-state index contributed by atoms with van der Waals surface area (Å²) in [4.78, 5) is 0.537. The summed E-state index contributed by atoms with van der Waals surface area (Å²) in [5, 5.41) is 14.4. The Morgan fingerprint density at radius 1 is 1.40 bits per heavy atom. The fourth-order valence-corrected chi connectivity index (χ4v) is 3.14. The Morgan fingerprint density at radius 3 is 2.65 bits per heavy atom. The van der Waals surface area contributed by atoms with Gasteiger partial charge >= 0.3 is 0 Å². The van der Waals surface area contributed by atoms with Crippen LogP contribution in [-0.2, 0) is 5.41 Å². The van der Waals surface area contributed by atoms with Gasteiger partial charge in [-0.3, -0.25) is 0 Å². The fraction of sp³-hybridized carbons (Fsp3) is 0.385. The molecule has 0 saturated heterocycles. The van der Waals surface area contributed by atoms with Crippen molar-refractivity contribution in [1.82, 2.24) is 9.59 Å². The van der Waals surface area contributed by atoms with Gasteiger partial charge < -0.3 is 5.11 Å². The lowest BCUT2D eigenvalue weighted by atomic mass is 9.89. The van der Waals surface area contributed by atoms with E-state index in [9.17, 15) is 9.50 Å². The van der Waals surface area contributed by atoms with Crippen LogP contribution in [0.3, 0.4) is 0 Å². The SMILES string of the molecule is CC(C)(C)c1nnsc1C(O)c1ccc(Br)c(Cl)c1F. The number of aromatic nitrogens is 2. The van der Waals surface area contributed by atoms with E-state index in [1.807, 2.05) is 20.8 Å². The van der Waals surface area contributed by atoms with Crippen LogP contribution in [-0.4, -0.2) is 14.7 Å². The van der Waals surface area contributed by atoms with E-state index in [4.69, 9.17) is 11.6 Å². The van der Waals surface area contributed by atoms with Crippen LogP contribution in [0.25, 0.3) is 0 Å². The molecule has 0 aliphatic carbocycles. The number of hydrogen-bond donors (Lipinski definition) is 1. The molecular weight excluding hydrogens is 367 g/mol. The van der Waals surface area contributed by atoms with Crippen LogP contribution in [0.4, 0.5) is 4.39 Å². The zero-order valence-electron chi connectivity index (χ0n) is 11.1. The van der Waals surface area contributed by atoms with Crippen molar-refractivity contribution in [2.45, 2.75) is 32.3 Å². The summed E-state index contributed by atoms with van der Waals surface area (Å²) >= 11 is 10.1. The molecule has 0 radical (unpaired) electrons. The average molecular weight is 380 g/mol. The lowest BCUT2D eigenvalue weighted by Gasteiger charge is -2.19. The Bertz CT molecular complexity index is 642. The van der Waals surface area contributed by atoms with Gasteiger partial charge in [-0.15, -0.1) is 5.10 Å². The third kappa shape index (κ3) is 2.88. The lowest BCUT2D eigenvalue weighted by molar-refractivity contribution is 0.215. The highest BCUT2D eigenvalue weighted by Crippen LogP contribution is 2.37. The zero-order valence-corrected chi connectivity index (χ0v) is 14.3. The van der Waals surface area contributed by atoms with Crippen LogP contribution in [0.1, 0.15) is 43.0 Å². The van der Waals surface area contributed by atoms with Crippen molar-refractivity contribution in [3.8, 4) is 0 Å². The maximum atomic E-state index is 14.2. The molecule has 7 heteroatoms. The summed E-state index contributed by atoms with van der Waals surface area (Å²) in [6, 6.07) is 3.11. The molecule has 2 aromatic rings. The van der Waals surface area contributed by atoms with E-state index in [0.717, 1.165) is 11.5 Å². The molecule has 108 valence electrons. The molecule has 0 fully saturated rings. The van der Waals surface area contributed by atoms with Crippen molar-refractivity contribution < 1.29 is 9.50 Å². The van der Waals surface area contributed by atoms with Gasteiger partial charge in [-0.05, 0) is 33.5 Å². The van der Waals surface area contributed by atoms with E-state index in [0.29, 0.717) is 15.0 Å². The Balaban J connectivity index is 2.50. The maximum absolute atomic E-state index is 14.2. The number of aliphatic hydroxyl groups excluding tert-OH is 1. The maximum Gasteiger partial charge on any atom is 0.149 e. The van der Waals surface area contributed by atoms with Crippen molar-refractivity contribution in [3.63, 3.8) is 0 Å². The molecule has 0 spiro atoms. The fourth-order valence-electron chi connectivity index (χ4n) is 1.79. The zero-order chi connectivity index (χ0) is 15.1. The molecule has 0 saturated carbocycles. The smallest absolute Gasteiger partial charge is 0.149 e. The molecule has 3 nitrogen and oxygen atoms in total. The van der Waals surface area contributed by atoms with E-state index in [1.165, 1.54) is 6.07 Å². The molecule has 20 heavy (non-hydrogen) atoms. The third-order valence-electron chi connectivity index (χ3n) is 2.83. The number of aliphatic hydroxyl groups is 1. The Hall–Kier alpha value is -0.560. The van der Waals surface area contributed by atoms with Crippen molar-refractivity contribution >= 4 is 39.1 Å². The lowest BCUT2D eigenvalue weighted by Crippen LogP contribution is -2.16. The second-order valence-electron chi connectivity index (χ2n) is 5.40. The molecule has 1 aromatic heterocycles. The quantitative estimate of drug-likeness (QED) is 0.783. The number of hydrogen-bond acceptors (Lipinski definition) is 4. The molecule has 1 N–H and O–H groups in total. The van der Waals surface area contributed by atoms with Crippen LogP contribution >= 0.6 is 39.1 Å². The van der Waals surface area contributed by atoms with Crippen LogP contribution in [0, 0.1) is 5.82 Å². The van der Waals surface area contributed by atoms with E-state index in [2.05, 4.69) is 25.5 Å². The molecule has 1 atom stereocenters. The van der Waals surface area contributed by atoms with Crippen molar-refractivity contribution in [2.75, 3.05) is 0 Å². The predicted octanol–water partition coefficient (Wildman–Crippen LogP) is 4.47. The van der Waals surface area contributed by atoms with E-state index in [-0.39, 0.29) is 16.0 Å². The summed E-state index contributed by atoms with van der Waals surface area (Å²) in [5.41, 5.74) is 0.502. The second-order valence-corrected chi connectivity index (χ2v) is 7.42. The van der Waals surface area contributed by atoms with E-state index >= 15 is 0 Å². The van der Waals surface area contributed by atoms with Gasteiger partial charge in [0.1, 0.15) is 11.9 Å². The largest absolute Gasteiger partial charge is 0.383 e. The van der Waals surface area contributed by atoms with Gasteiger partial charge in [0.05, 0.1) is 15.6 Å². The first-order chi connectivity index (χ1) is 9.23. The van der Waals surface area contributed by atoms with Gasteiger partial charge in [0, 0.05) is 15.5 Å². The summed E-state index contributed by atoms with van der Waals surface area (Å²) < 4.78 is 18.5. The Labute approximate surface area is 134 Å². The topological polar surface area (TPSA) is 46.0 Å². The van der Waals surface area contributed by atoms with E-state index < -0.39 is 11.9 Å². The molecule has 0 aliphatic rings. The highest BCUT2D eigenvalue weighted by atomic mass is 79.9. The van der Waals surface area contributed by atoms with Crippen molar-refractivity contribution in [1.29, 1.82) is 0 Å². The molecule has 2 rings (SSSR count). The standard InChI is InChI=1S/C13H13BrClFN2OS/c1-13(2,3)12-11(20-18-17-12)10(19)6-4-5-7(14)8(15)9(6)16/h4-5,10,19H,1-3H3. The molecule has 0 aliphatic heterocycles. The number of halogens is 3.